The van der Waals surface area contributed by atoms with Crippen molar-refractivity contribution in [2.24, 2.45) is 5.92 Å². The van der Waals surface area contributed by atoms with Crippen LogP contribution in [0.3, 0.4) is 0 Å². The first-order valence-corrected chi connectivity index (χ1v) is 7.33. The van der Waals surface area contributed by atoms with E-state index in [4.69, 9.17) is 0 Å². The minimum Gasteiger partial charge on any atom is -0.302 e. The molecule has 2 rings (SSSR count). The molecule has 0 aromatic heterocycles. The van der Waals surface area contributed by atoms with Gasteiger partial charge >= 0.3 is 0 Å². The third-order valence-corrected chi connectivity index (χ3v) is 4.73. The number of benzene rings is 1. The largest absolute Gasteiger partial charge is 0.302 e. The number of carbonyl (C=O) groups excluding carboxylic acids is 1. The molecule has 0 spiro atoms. The molecule has 0 aliphatic carbocycles. The molecule has 0 amide bonds. The highest BCUT2D eigenvalue weighted by Crippen LogP contribution is 2.28. The van der Waals surface area contributed by atoms with Crippen molar-refractivity contribution in [2.75, 3.05) is 13.1 Å². The second-order valence-electron chi connectivity index (χ2n) is 6.23. The summed E-state index contributed by atoms with van der Waals surface area (Å²) in [5.41, 5.74) is 0.725. The predicted molar refractivity (Wildman–Crippen MR) is 79.3 cm³/mol. The molecule has 1 heterocycles. The van der Waals surface area contributed by atoms with Gasteiger partial charge in [-0.2, -0.15) is 0 Å². The molecule has 0 bridgehead atoms. The molecule has 1 saturated heterocycles. The molecular weight excluding hydrogens is 234 g/mol. The number of carbonyl (C=O) groups is 1. The zero-order valence-electron chi connectivity index (χ0n) is 12.3. The number of hydrogen-bond acceptors (Lipinski definition) is 2. The summed E-state index contributed by atoms with van der Waals surface area (Å²) < 4.78 is 0. The summed E-state index contributed by atoms with van der Waals surface area (Å²) in [6.07, 6.45) is 3.67. The Hall–Kier alpha value is -1.15. The minimum absolute atomic E-state index is 0.396. The van der Waals surface area contributed by atoms with E-state index < -0.39 is 5.41 Å². The second-order valence-corrected chi connectivity index (χ2v) is 6.23. The molecule has 2 nitrogen and oxygen atoms in total. The van der Waals surface area contributed by atoms with Crippen LogP contribution in [0.15, 0.2) is 30.3 Å². The van der Waals surface area contributed by atoms with Gasteiger partial charge in [-0.3, -0.25) is 4.90 Å². The zero-order chi connectivity index (χ0) is 13.9. The van der Waals surface area contributed by atoms with Gasteiger partial charge in [0.05, 0.1) is 5.41 Å². The molecule has 1 aliphatic heterocycles. The number of aldehydes is 1. The van der Waals surface area contributed by atoms with Crippen molar-refractivity contribution < 1.29 is 4.79 Å². The quantitative estimate of drug-likeness (QED) is 0.774. The molecular formula is C17H25NO. The van der Waals surface area contributed by atoms with E-state index in [2.05, 4.69) is 37.8 Å². The third kappa shape index (κ3) is 3.06. The second kappa shape index (κ2) is 5.87. The Labute approximate surface area is 116 Å². The summed E-state index contributed by atoms with van der Waals surface area (Å²) in [6, 6.07) is 10.7. The van der Waals surface area contributed by atoms with Gasteiger partial charge in [0.1, 0.15) is 6.29 Å². The van der Waals surface area contributed by atoms with Crippen molar-refractivity contribution in [3.63, 3.8) is 0 Å². The van der Waals surface area contributed by atoms with E-state index in [0.29, 0.717) is 6.04 Å². The molecule has 3 unspecified atom stereocenters. The summed E-state index contributed by atoms with van der Waals surface area (Å²) in [6.45, 7) is 8.60. The van der Waals surface area contributed by atoms with Crippen molar-refractivity contribution in [2.45, 2.75) is 45.1 Å². The van der Waals surface area contributed by atoms with E-state index in [0.717, 1.165) is 30.9 Å². The van der Waals surface area contributed by atoms with E-state index in [1.807, 2.05) is 18.2 Å². The Balaban J connectivity index is 2.16. The molecule has 0 radical (unpaired) electrons. The Morgan fingerprint density at radius 3 is 2.63 bits per heavy atom. The summed E-state index contributed by atoms with van der Waals surface area (Å²) >= 11 is 0. The van der Waals surface area contributed by atoms with Crippen molar-refractivity contribution in [3.8, 4) is 0 Å². The molecule has 104 valence electrons. The van der Waals surface area contributed by atoms with Crippen LogP contribution < -0.4 is 0 Å². The SMILES string of the molecule is CC1CCCN(CC(C)(C=O)c2ccccc2)C1C. The fourth-order valence-corrected chi connectivity index (χ4v) is 3.08. The van der Waals surface area contributed by atoms with Crippen molar-refractivity contribution in [1.29, 1.82) is 0 Å². The van der Waals surface area contributed by atoms with Gasteiger partial charge in [-0.1, -0.05) is 37.3 Å². The van der Waals surface area contributed by atoms with E-state index in [1.54, 1.807) is 0 Å². The van der Waals surface area contributed by atoms with Gasteiger partial charge in [0.25, 0.3) is 0 Å². The van der Waals surface area contributed by atoms with Crippen LogP contribution in [-0.4, -0.2) is 30.3 Å². The van der Waals surface area contributed by atoms with E-state index in [-0.39, 0.29) is 0 Å². The Morgan fingerprint density at radius 2 is 2.00 bits per heavy atom. The fraction of sp³-hybridized carbons (Fsp3) is 0.588. The van der Waals surface area contributed by atoms with E-state index >= 15 is 0 Å². The molecule has 0 N–H and O–H groups in total. The lowest BCUT2D eigenvalue weighted by Crippen LogP contribution is -2.49. The highest BCUT2D eigenvalue weighted by atomic mass is 16.1. The first kappa shape index (κ1) is 14.3. The molecule has 1 aromatic carbocycles. The maximum absolute atomic E-state index is 11.7. The van der Waals surface area contributed by atoms with E-state index in [1.165, 1.54) is 12.8 Å². The fourth-order valence-electron chi connectivity index (χ4n) is 3.08. The van der Waals surface area contributed by atoms with Crippen LogP contribution in [0.4, 0.5) is 0 Å². The third-order valence-electron chi connectivity index (χ3n) is 4.73. The first-order chi connectivity index (χ1) is 9.07. The van der Waals surface area contributed by atoms with Gasteiger partial charge in [0.2, 0.25) is 0 Å². The van der Waals surface area contributed by atoms with Crippen molar-refractivity contribution >= 4 is 6.29 Å². The van der Waals surface area contributed by atoms with Crippen LogP contribution in [-0.2, 0) is 10.2 Å². The number of rotatable bonds is 4. The number of hydrogen-bond donors (Lipinski definition) is 0. The Kier molecular flexibility index (Phi) is 4.41. The van der Waals surface area contributed by atoms with Crippen LogP contribution in [0.2, 0.25) is 0 Å². The van der Waals surface area contributed by atoms with Crippen molar-refractivity contribution in [3.05, 3.63) is 35.9 Å². The van der Waals surface area contributed by atoms with Crippen LogP contribution in [0.25, 0.3) is 0 Å². The predicted octanol–water partition coefficient (Wildman–Crippen LogP) is 3.26. The highest BCUT2D eigenvalue weighted by Gasteiger charge is 2.33. The van der Waals surface area contributed by atoms with E-state index in [9.17, 15) is 4.79 Å². The van der Waals surface area contributed by atoms with Crippen LogP contribution in [0, 0.1) is 5.92 Å². The van der Waals surface area contributed by atoms with Gasteiger partial charge < -0.3 is 4.79 Å². The molecule has 1 aromatic rings. The number of piperidine rings is 1. The van der Waals surface area contributed by atoms with Gasteiger partial charge in [-0.25, -0.2) is 0 Å². The Morgan fingerprint density at radius 1 is 1.32 bits per heavy atom. The van der Waals surface area contributed by atoms with Gasteiger partial charge in [-0.15, -0.1) is 0 Å². The van der Waals surface area contributed by atoms with Gasteiger partial charge in [0, 0.05) is 12.6 Å². The summed E-state index contributed by atoms with van der Waals surface area (Å²) in [5.74, 6) is 0.723. The smallest absolute Gasteiger partial charge is 0.131 e. The number of nitrogens with zero attached hydrogens (tertiary/aromatic N) is 1. The highest BCUT2D eigenvalue weighted by molar-refractivity contribution is 5.68. The lowest BCUT2D eigenvalue weighted by Gasteiger charge is -2.41. The number of likely N-dealkylation sites (tertiary alicyclic amines) is 1. The average molecular weight is 259 g/mol. The maximum atomic E-state index is 11.7. The molecule has 2 heteroatoms. The molecule has 3 atom stereocenters. The lowest BCUT2D eigenvalue weighted by atomic mass is 9.81. The first-order valence-electron chi connectivity index (χ1n) is 7.33. The lowest BCUT2D eigenvalue weighted by molar-refractivity contribution is -0.113. The normalized spacial score (nSPS) is 27.7. The minimum atomic E-state index is -0.396. The average Bonchev–Trinajstić information content (AvgIpc) is 2.45. The van der Waals surface area contributed by atoms with Gasteiger partial charge in [-0.05, 0) is 44.7 Å². The van der Waals surface area contributed by atoms with Crippen LogP contribution >= 0.6 is 0 Å². The van der Waals surface area contributed by atoms with Crippen LogP contribution in [0.5, 0.6) is 0 Å². The monoisotopic (exact) mass is 259 g/mol. The molecule has 0 saturated carbocycles. The topological polar surface area (TPSA) is 20.3 Å². The maximum Gasteiger partial charge on any atom is 0.131 e. The van der Waals surface area contributed by atoms with Gasteiger partial charge in [0.15, 0.2) is 0 Å². The molecule has 1 aliphatic rings. The summed E-state index contributed by atoms with van der Waals surface area (Å²) in [5, 5.41) is 0. The van der Waals surface area contributed by atoms with Crippen molar-refractivity contribution in [1.82, 2.24) is 4.90 Å². The molecule has 1 fully saturated rings. The summed E-state index contributed by atoms with van der Waals surface area (Å²) in [7, 11) is 0. The Bertz CT molecular complexity index is 417. The summed E-state index contributed by atoms with van der Waals surface area (Å²) in [4.78, 5) is 14.1. The standard InChI is InChI=1S/C17H25NO/c1-14-8-7-11-18(15(14)2)12-17(3,13-19)16-9-5-4-6-10-16/h4-6,9-10,13-15H,7-8,11-12H2,1-3H3. The molecule has 19 heavy (non-hydrogen) atoms. The van der Waals surface area contributed by atoms with Crippen LogP contribution in [0.1, 0.15) is 39.2 Å². The zero-order valence-corrected chi connectivity index (χ0v) is 12.3.